The number of hydrogen-bond donors (Lipinski definition) is 0. The van der Waals surface area contributed by atoms with E-state index in [0.717, 1.165) is 38.5 Å². The zero-order valence-corrected chi connectivity index (χ0v) is 12.8. The fourth-order valence-electron chi connectivity index (χ4n) is 2.44. The van der Waals surface area contributed by atoms with E-state index in [9.17, 15) is 14.4 Å². The van der Waals surface area contributed by atoms with Crippen molar-refractivity contribution >= 4 is 17.7 Å². The van der Waals surface area contributed by atoms with Gasteiger partial charge < -0.3 is 9.47 Å². The van der Waals surface area contributed by atoms with E-state index in [2.05, 4.69) is 0 Å². The minimum atomic E-state index is -0.390. The van der Waals surface area contributed by atoms with Gasteiger partial charge in [0.25, 0.3) is 0 Å². The minimum Gasteiger partial charge on any atom is -0.466 e. The molecule has 0 saturated heterocycles. The molecule has 0 aromatic rings. The second-order valence-electron chi connectivity index (χ2n) is 5.34. The van der Waals surface area contributed by atoms with Crippen LogP contribution in [0, 0.1) is 5.92 Å². The van der Waals surface area contributed by atoms with Crippen LogP contribution in [0.2, 0.25) is 0 Å². The molecule has 0 radical (unpaired) electrons. The first kappa shape index (κ1) is 17.4. The summed E-state index contributed by atoms with van der Waals surface area (Å²) in [5.41, 5.74) is 0. The first-order valence-corrected chi connectivity index (χ1v) is 7.53. The third-order valence-electron chi connectivity index (χ3n) is 3.48. The molecule has 0 aliphatic heterocycles. The zero-order valence-electron chi connectivity index (χ0n) is 12.8. The molecule has 1 aliphatic rings. The summed E-state index contributed by atoms with van der Waals surface area (Å²) in [6.07, 6.45) is 8.43. The maximum absolute atomic E-state index is 11.7. The molecule has 0 amide bonds. The van der Waals surface area contributed by atoms with E-state index >= 15 is 0 Å². The molecule has 2 atom stereocenters. The molecule has 21 heavy (non-hydrogen) atoms. The average Bonchev–Trinajstić information content (AvgIpc) is 2.73. The highest BCUT2D eigenvalue weighted by molar-refractivity contribution is 5.95. The standard InChI is InChI=1S/C16H24O5/c1-12(17)20-11-7-5-3-4-6-8-14-15(19)9-10-16(14)21-13(2)18/h9-10,14,16H,3-8,11H2,1-2H3. The lowest BCUT2D eigenvalue weighted by Gasteiger charge is -2.17. The van der Waals surface area contributed by atoms with Gasteiger partial charge in [0.15, 0.2) is 5.78 Å². The SMILES string of the molecule is CC(=O)OCCCCCCCC1C(=O)C=CC1OC(C)=O. The second kappa shape index (κ2) is 9.32. The van der Waals surface area contributed by atoms with Gasteiger partial charge in [0.2, 0.25) is 0 Å². The number of ketones is 1. The fraction of sp³-hybridized carbons (Fsp3) is 0.688. The van der Waals surface area contributed by atoms with Gasteiger partial charge in [-0.05, 0) is 25.0 Å². The summed E-state index contributed by atoms with van der Waals surface area (Å²) in [4.78, 5) is 33.2. The summed E-state index contributed by atoms with van der Waals surface area (Å²) < 4.78 is 9.99. The molecule has 0 fully saturated rings. The zero-order chi connectivity index (χ0) is 15.7. The van der Waals surface area contributed by atoms with Crippen LogP contribution in [0.25, 0.3) is 0 Å². The Kier molecular flexibility index (Phi) is 7.72. The van der Waals surface area contributed by atoms with Gasteiger partial charge in [-0.25, -0.2) is 0 Å². The highest BCUT2D eigenvalue weighted by Crippen LogP contribution is 2.24. The molecule has 5 nitrogen and oxygen atoms in total. The number of rotatable bonds is 9. The number of unbranched alkanes of at least 4 members (excludes halogenated alkanes) is 4. The number of hydrogen-bond acceptors (Lipinski definition) is 5. The van der Waals surface area contributed by atoms with Crippen molar-refractivity contribution in [1.29, 1.82) is 0 Å². The van der Waals surface area contributed by atoms with Crippen LogP contribution in [0.3, 0.4) is 0 Å². The number of ether oxygens (including phenoxy) is 2. The summed E-state index contributed by atoms with van der Waals surface area (Å²) in [7, 11) is 0. The highest BCUT2D eigenvalue weighted by atomic mass is 16.5. The Bertz CT molecular complexity index is 399. The third kappa shape index (κ3) is 7.06. The molecule has 1 aliphatic carbocycles. The van der Waals surface area contributed by atoms with Gasteiger partial charge in [0.1, 0.15) is 6.10 Å². The van der Waals surface area contributed by atoms with E-state index in [1.165, 1.54) is 19.9 Å². The van der Waals surface area contributed by atoms with E-state index in [4.69, 9.17) is 9.47 Å². The van der Waals surface area contributed by atoms with Crippen molar-refractivity contribution in [1.82, 2.24) is 0 Å². The van der Waals surface area contributed by atoms with Gasteiger partial charge in [-0.2, -0.15) is 0 Å². The van der Waals surface area contributed by atoms with E-state index in [-0.39, 0.29) is 29.7 Å². The minimum absolute atomic E-state index is 0.0520. The van der Waals surface area contributed by atoms with Crippen molar-refractivity contribution in [2.75, 3.05) is 6.61 Å². The maximum Gasteiger partial charge on any atom is 0.303 e. The van der Waals surface area contributed by atoms with Gasteiger partial charge in [0, 0.05) is 13.8 Å². The number of esters is 2. The smallest absolute Gasteiger partial charge is 0.303 e. The van der Waals surface area contributed by atoms with Crippen LogP contribution in [0.15, 0.2) is 12.2 Å². The maximum atomic E-state index is 11.7. The molecular weight excluding hydrogens is 272 g/mol. The molecular formula is C16H24O5. The predicted molar refractivity (Wildman–Crippen MR) is 77.5 cm³/mol. The van der Waals surface area contributed by atoms with Gasteiger partial charge in [-0.1, -0.05) is 25.7 Å². The van der Waals surface area contributed by atoms with Crippen molar-refractivity contribution in [3.05, 3.63) is 12.2 Å². The fourth-order valence-corrected chi connectivity index (χ4v) is 2.44. The number of allylic oxidation sites excluding steroid dienone is 1. The largest absolute Gasteiger partial charge is 0.466 e. The van der Waals surface area contributed by atoms with Crippen LogP contribution < -0.4 is 0 Å². The van der Waals surface area contributed by atoms with Gasteiger partial charge in [0.05, 0.1) is 12.5 Å². The van der Waals surface area contributed by atoms with Crippen molar-refractivity contribution in [3.63, 3.8) is 0 Å². The first-order valence-electron chi connectivity index (χ1n) is 7.53. The van der Waals surface area contributed by atoms with Crippen LogP contribution >= 0.6 is 0 Å². The summed E-state index contributed by atoms with van der Waals surface area (Å²) in [5.74, 6) is -0.750. The molecule has 1 rings (SSSR count). The molecule has 0 aromatic carbocycles. The quantitative estimate of drug-likeness (QED) is 0.483. The monoisotopic (exact) mass is 296 g/mol. The number of carbonyl (C=O) groups excluding carboxylic acids is 3. The van der Waals surface area contributed by atoms with Crippen molar-refractivity contribution < 1.29 is 23.9 Å². The molecule has 5 heteroatoms. The first-order chi connectivity index (χ1) is 10.0. The molecule has 0 spiro atoms. The molecule has 0 saturated carbocycles. The Morgan fingerprint density at radius 1 is 1.05 bits per heavy atom. The summed E-state index contributed by atoms with van der Waals surface area (Å²) in [5, 5.41) is 0. The molecule has 0 N–H and O–H groups in total. The van der Waals surface area contributed by atoms with E-state index in [1.807, 2.05) is 0 Å². The number of carbonyl (C=O) groups is 3. The molecule has 0 heterocycles. The Morgan fingerprint density at radius 2 is 1.71 bits per heavy atom. The lowest BCUT2D eigenvalue weighted by molar-refractivity contribution is -0.147. The Balaban J connectivity index is 2.10. The molecule has 2 unspecified atom stereocenters. The molecule has 118 valence electrons. The van der Waals surface area contributed by atoms with Gasteiger partial charge in [-0.3, -0.25) is 14.4 Å². The van der Waals surface area contributed by atoms with Crippen LogP contribution in [-0.4, -0.2) is 30.4 Å². The molecule has 0 aromatic heterocycles. The van der Waals surface area contributed by atoms with Crippen LogP contribution in [0.1, 0.15) is 52.4 Å². The Labute approximate surface area is 125 Å². The predicted octanol–water partition coefficient (Wildman–Crippen LogP) is 2.58. The normalized spacial score (nSPS) is 20.6. The van der Waals surface area contributed by atoms with Crippen molar-refractivity contribution in [2.24, 2.45) is 5.92 Å². The van der Waals surface area contributed by atoms with Gasteiger partial charge >= 0.3 is 11.9 Å². The summed E-state index contributed by atoms with van der Waals surface area (Å²) in [6.45, 7) is 3.25. The lowest BCUT2D eigenvalue weighted by Crippen LogP contribution is -2.25. The van der Waals surface area contributed by atoms with E-state index < -0.39 is 0 Å². The van der Waals surface area contributed by atoms with E-state index in [0.29, 0.717) is 6.61 Å². The highest BCUT2D eigenvalue weighted by Gasteiger charge is 2.31. The van der Waals surface area contributed by atoms with Crippen LogP contribution in [0.4, 0.5) is 0 Å². The Hall–Kier alpha value is -1.65. The second-order valence-corrected chi connectivity index (χ2v) is 5.34. The molecule has 0 bridgehead atoms. The van der Waals surface area contributed by atoms with Crippen LogP contribution in [-0.2, 0) is 23.9 Å². The Morgan fingerprint density at radius 3 is 2.38 bits per heavy atom. The van der Waals surface area contributed by atoms with Gasteiger partial charge in [-0.15, -0.1) is 0 Å². The third-order valence-corrected chi connectivity index (χ3v) is 3.48. The van der Waals surface area contributed by atoms with Crippen molar-refractivity contribution in [2.45, 2.75) is 58.5 Å². The van der Waals surface area contributed by atoms with Crippen molar-refractivity contribution in [3.8, 4) is 0 Å². The van der Waals surface area contributed by atoms with E-state index in [1.54, 1.807) is 6.08 Å². The lowest BCUT2D eigenvalue weighted by atomic mass is 9.95. The summed E-state index contributed by atoms with van der Waals surface area (Å²) in [6, 6.07) is 0. The van der Waals surface area contributed by atoms with Crippen LogP contribution in [0.5, 0.6) is 0 Å². The average molecular weight is 296 g/mol. The summed E-state index contributed by atoms with van der Waals surface area (Å²) >= 11 is 0. The topological polar surface area (TPSA) is 69.7 Å².